The summed E-state index contributed by atoms with van der Waals surface area (Å²) in [5.41, 5.74) is 2.11. The van der Waals surface area contributed by atoms with Gasteiger partial charge in [0, 0.05) is 25.4 Å². The van der Waals surface area contributed by atoms with Gasteiger partial charge in [0.25, 0.3) is 0 Å². The molecule has 8 heteroatoms. The van der Waals surface area contributed by atoms with E-state index in [2.05, 4.69) is 20.6 Å². The molecule has 0 atom stereocenters. The summed E-state index contributed by atoms with van der Waals surface area (Å²) in [4.78, 5) is 9.02. The van der Waals surface area contributed by atoms with Crippen LogP contribution in [-0.4, -0.2) is 38.3 Å². The van der Waals surface area contributed by atoms with Crippen LogP contribution < -0.4 is 24.8 Å². The van der Waals surface area contributed by atoms with Crippen molar-refractivity contribution in [2.45, 2.75) is 32.9 Å². The fourth-order valence-corrected chi connectivity index (χ4v) is 2.77. The molecule has 0 bridgehead atoms. The molecule has 1 saturated carbocycles. The Kier molecular flexibility index (Phi) is 9.99. The molecule has 0 amide bonds. The number of ether oxygens (including phenoxy) is 3. The average Bonchev–Trinajstić information content (AvgIpc) is 3.59. The number of aliphatic imine (C=N–C) groups is 1. The van der Waals surface area contributed by atoms with Gasteiger partial charge in [-0.1, -0.05) is 12.1 Å². The number of halogens is 1. The minimum Gasteiger partial charge on any atom is -0.493 e. The van der Waals surface area contributed by atoms with Crippen molar-refractivity contribution in [3.05, 3.63) is 47.7 Å². The number of methoxy groups -OCH3 is 2. The summed E-state index contributed by atoms with van der Waals surface area (Å²) in [6, 6.07) is 9.79. The van der Waals surface area contributed by atoms with Gasteiger partial charge in [0.2, 0.25) is 5.88 Å². The molecule has 1 aromatic carbocycles. The maximum absolute atomic E-state index is 5.68. The van der Waals surface area contributed by atoms with E-state index in [1.165, 1.54) is 12.8 Å². The van der Waals surface area contributed by atoms with E-state index in [9.17, 15) is 0 Å². The molecule has 0 spiro atoms. The summed E-state index contributed by atoms with van der Waals surface area (Å²) in [6.45, 7) is 4.76. The summed E-state index contributed by atoms with van der Waals surface area (Å²) >= 11 is 0. The lowest BCUT2D eigenvalue weighted by atomic mass is 10.2. The Bertz CT molecular complexity index is 811. The zero-order valence-electron chi connectivity index (χ0n) is 17.8. The molecular weight excluding hydrogens is 495 g/mol. The Morgan fingerprint density at radius 2 is 1.83 bits per heavy atom. The first-order chi connectivity index (χ1) is 14.2. The van der Waals surface area contributed by atoms with E-state index in [1.807, 2.05) is 43.5 Å². The Labute approximate surface area is 195 Å². The second-order valence-corrected chi connectivity index (χ2v) is 7.00. The third-order valence-electron chi connectivity index (χ3n) is 4.63. The molecule has 1 aliphatic rings. The molecule has 1 heterocycles. The van der Waals surface area contributed by atoms with Crippen LogP contribution in [-0.2, 0) is 13.1 Å². The fourth-order valence-electron chi connectivity index (χ4n) is 2.77. The van der Waals surface area contributed by atoms with Crippen molar-refractivity contribution in [1.82, 2.24) is 15.6 Å². The van der Waals surface area contributed by atoms with Gasteiger partial charge >= 0.3 is 0 Å². The minimum absolute atomic E-state index is 0. The van der Waals surface area contributed by atoms with Gasteiger partial charge < -0.3 is 24.8 Å². The largest absolute Gasteiger partial charge is 0.493 e. The number of nitrogens with zero attached hydrogens (tertiary/aromatic N) is 2. The highest BCUT2D eigenvalue weighted by Gasteiger charge is 2.22. The van der Waals surface area contributed by atoms with Crippen LogP contribution in [0.3, 0.4) is 0 Å². The molecule has 30 heavy (non-hydrogen) atoms. The van der Waals surface area contributed by atoms with Crippen LogP contribution in [0.15, 0.2) is 41.5 Å². The van der Waals surface area contributed by atoms with Gasteiger partial charge in [-0.15, -0.1) is 24.0 Å². The van der Waals surface area contributed by atoms with E-state index in [0.717, 1.165) is 36.2 Å². The fraction of sp³-hybridized carbons (Fsp3) is 0.455. The predicted octanol–water partition coefficient (Wildman–Crippen LogP) is 3.76. The summed E-state index contributed by atoms with van der Waals surface area (Å²) in [5.74, 6) is 3.58. The average molecular weight is 526 g/mol. The normalized spacial score (nSPS) is 13.2. The summed E-state index contributed by atoms with van der Waals surface area (Å²) in [7, 11) is 3.27. The van der Waals surface area contributed by atoms with Crippen LogP contribution in [0.4, 0.5) is 0 Å². The first kappa shape index (κ1) is 24.0. The van der Waals surface area contributed by atoms with Crippen molar-refractivity contribution in [3.63, 3.8) is 0 Å². The number of aromatic nitrogens is 1. The zero-order chi connectivity index (χ0) is 20.5. The second kappa shape index (κ2) is 12.5. The van der Waals surface area contributed by atoms with Crippen molar-refractivity contribution in [2.75, 3.05) is 27.4 Å². The number of hydrogen-bond donors (Lipinski definition) is 2. The summed E-state index contributed by atoms with van der Waals surface area (Å²) in [5, 5.41) is 6.61. The monoisotopic (exact) mass is 526 g/mol. The van der Waals surface area contributed by atoms with Gasteiger partial charge in [-0.25, -0.2) is 9.98 Å². The molecule has 164 valence electrons. The Balaban J connectivity index is 0.00000320. The maximum atomic E-state index is 5.68. The minimum atomic E-state index is 0. The maximum Gasteiger partial charge on any atom is 0.213 e. The molecule has 0 saturated heterocycles. The Hall–Kier alpha value is -2.23. The van der Waals surface area contributed by atoms with Crippen LogP contribution in [0.1, 0.15) is 30.9 Å². The first-order valence-electron chi connectivity index (χ1n) is 10.0. The predicted molar refractivity (Wildman–Crippen MR) is 129 cm³/mol. The number of pyridine rings is 1. The highest BCUT2D eigenvalue weighted by Crippen LogP contribution is 2.29. The highest BCUT2D eigenvalue weighted by atomic mass is 127. The van der Waals surface area contributed by atoms with Gasteiger partial charge in [-0.2, -0.15) is 0 Å². The highest BCUT2D eigenvalue weighted by molar-refractivity contribution is 14.0. The van der Waals surface area contributed by atoms with Gasteiger partial charge in [-0.05, 0) is 48.9 Å². The van der Waals surface area contributed by atoms with Crippen LogP contribution in [0.5, 0.6) is 17.4 Å². The summed E-state index contributed by atoms with van der Waals surface area (Å²) in [6.07, 6.45) is 4.37. The van der Waals surface area contributed by atoms with Crippen LogP contribution in [0, 0.1) is 5.92 Å². The lowest BCUT2D eigenvalue weighted by molar-refractivity contribution is 0.288. The van der Waals surface area contributed by atoms with E-state index in [1.54, 1.807) is 14.2 Å². The zero-order valence-corrected chi connectivity index (χ0v) is 20.1. The standard InChI is InChI=1S/C22H30N4O3.HI/c1-4-23-22(25-12-17-7-9-19(27-2)20(11-17)28-3)26-14-18-8-10-21(24-13-18)29-15-16-5-6-16;/h7-11,13,16H,4-6,12,14-15H2,1-3H3,(H2,23,25,26);1H. The number of nitrogens with one attached hydrogen (secondary N) is 2. The van der Waals surface area contributed by atoms with Crippen molar-refractivity contribution in [3.8, 4) is 17.4 Å². The van der Waals surface area contributed by atoms with Crippen molar-refractivity contribution in [1.29, 1.82) is 0 Å². The third-order valence-corrected chi connectivity index (χ3v) is 4.63. The van der Waals surface area contributed by atoms with Crippen molar-refractivity contribution < 1.29 is 14.2 Å². The van der Waals surface area contributed by atoms with E-state index in [-0.39, 0.29) is 24.0 Å². The van der Waals surface area contributed by atoms with Crippen molar-refractivity contribution in [2.24, 2.45) is 10.9 Å². The molecular formula is C22H31IN4O3. The van der Waals surface area contributed by atoms with Crippen LogP contribution in [0.25, 0.3) is 0 Å². The summed E-state index contributed by atoms with van der Waals surface area (Å²) < 4.78 is 16.3. The Morgan fingerprint density at radius 1 is 1.07 bits per heavy atom. The molecule has 2 aromatic rings. The number of guanidine groups is 1. The van der Waals surface area contributed by atoms with Gasteiger partial charge in [0.1, 0.15) is 0 Å². The molecule has 0 unspecified atom stereocenters. The van der Waals surface area contributed by atoms with Crippen LogP contribution >= 0.6 is 24.0 Å². The SMILES string of the molecule is CCNC(=NCc1ccc(OCC2CC2)nc1)NCc1ccc(OC)c(OC)c1.I. The Morgan fingerprint density at radius 3 is 2.47 bits per heavy atom. The van der Waals surface area contributed by atoms with E-state index < -0.39 is 0 Å². The molecule has 0 aliphatic heterocycles. The van der Waals surface area contributed by atoms with E-state index in [4.69, 9.17) is 14.2 Å². The van der Waals surface area contributed by atoms with Gasteiger partial charge in [0.05, 0.1) is 27.4 Å². The molecule has 1 fully saturated rings. The second-order valence-electron chi connectivity index (χ2n) is 7.00. The molecule has 3 rings (SSSR count). The third kappa shape index (κ3) is 7.55. The topological polar surface area (TPSA) is 77.0 Å². The number of benzene rings is 1. The molecule has 7 nitrogen and oxygen atoms in total. The lowest BCUT2D eigenvalue weighted by Gasteiger charge is -2.13. The van der Waals surface area contributed by atoms with E-state index in [0.29, 0.717) is 30.5 Å². The lowest BCUT2D eigenvalue weighted by Crippen LogP contribution is -2.36. The molecule has 1 aromatic heterocycles. The van der Waals surface area contributed by atoms with Crippen LogP contribution in [0.2, 0.25) is 0 Å². The smallest absolute Gasteiger partial charge is 0.213 e. The van der Waals surface area contributed by atoms with E-state index >= 15 is 0 Å². The van der Waals surface area contributed by atoms with Crippen molar-refractivity contribution >= 4 is 29.9 Å². The molecule has 2 N–H and O–H groups in total. The number of hydrogen-bond acceptors (Lipinski definition) is 5. The number of rotatable bonds is 10. The van der Waals surface area contributed by atoms with Gasteiger partial charge in [0.15, 0.2) is 17.5 Å². The first-order valence-corrected chi connectivity index (χ1v) is 10.0. The molecule has 0 radical (unpaired) electrons. The molecule has 1 aliphatic carbocycles. The van der Waals surface area contributed by atoms with Gasteiger partial charge in [-0.3, -0.25) is 0 Å². The quantitative estimate of drug-likeness (QED) is 0.279.